The van der Waals surface area contributed by atoms with Crippen molar-refractivity contribution in [1.29, 1.82) is 0 Å². The van der Waals surface area contributed by atoms with Gasteiger partial charge in [-0.1, -0.05) is 0 Å². The van der Waals surface area contributed by atoms with Crippen LogP contribution in [-0.4, -0.2) is 38.9 Å². The number of halogens is 3. The number of nitrogens with two attached hydrogens (primary N) is 1. The standard InChI is InChI=1S/C9H9F3N4O3/c1-8(7(18)19,9(10,11)12)14-5-3-2-4(6(13)17)15-16-5/h2-3H,1H3,(H2,13,17)(H,14,16)(H,18,19). The van der Waals surface area contributed by atoms with Crippen LogP contribution in [0, 0.1) is 0 Å². The van der Waals surface area contributed by atoms with Gasteiger partial charge in [0.1, 0.15) is 5.82 Å². The lowest BCUT2D eigenvalue weighted by Gasteiger charge is -2.28. The summed E-state index contributed by atoms with van der Waals surface area (Å²) in [5.74, 6) is -3.48. The molecule has 1 unspecified atom stereocenters. The van der Waals surface area contributed by atoms with Gasteiger partial charge < -0.3 is 16.2 Å². The Bertz CT molecular complexity index is 502. The average molecular weight is 278 g/mol. The Morgan fingerprint density at radius 1 is 1.32 bits per heavy atom. The topological polar surface area (TPSA) is 118 Å². The van der Waals surface area contributed by atoms with Crippen molar-refractivity contribution in [2.45, 2.75) is 18.6 Å². The number of hydrogen-bond donors (Lipinski definition) is 3. The Kier molecular flexibility index (Phi) is 3.63. The zero-order valence-corrected chi connectivity index (χ0v) is 9.52. The largest absolute Gasteiger partial charge is 0.479 e. The summed E-state index contributed by atoms with van der Waals surface area (Å²) in [5.41, 5.74) is 1.39. The smallest absolute Gasteiger partial charge is 0.422 e. The maximum Gasteiger partial charge on any atom is 0.422 e. The van der Waals surface area contributed by atoms with Crippen LogP contribution in [0.25, 0.3) is 0 Å². The quantitative estimate of drug-likeness (QED) is 0.733. The molecule has 1 aromatic rings. The summed E-state index contributed by atoms with van der Waals surface area (Å²) in [7, 11) is 0. The average Bonchev–Trinajstić information content (AvgIpc) is 2.27. The predicted molar refractivity (Wildman–Crippen MR) is 56.3 cm³/mol. The monoisotopic (exact) mass is 278 g/mol. The fourth-order valence-corrected chi connectivity index (χ4v) is 1.03. The second-order valence-corrected chi connectivity index (χ2v) is 3.72. The van der Waals surface area contributed by atoms with Gasteiger partial charge in [-0.25, -0.2) is 4.79 Å². The number of carboxylic acids is 1. The van der Waals surface area contributed by atoms with Crippen LogP contribution < -0.4 is 11.1 Å². The van der Waals surface area contributed by atoms with Crippen molar-refractivity contribution >= 4 is 17.7 Å². The molecule has 4 N–H and O–H groups in total. The third-order valence-corrected chi connectivity index (χ3v) is 2.29. The number of nitrogens with one attached hydrogen (secondary N) is 1. The molecular weight excluding hydrogens is 269 g/mol. The van der Waals surface area contributed by atoms with Gasteiger partial charge in [0.15, 0.2) is 5.69 Å². The van der Waals surface area contributed by atoms with Crippen LogP contribution in [0.2, 0.25) is 0 Å². The Morgan fingerprint density at radius 2 is 1.89 bits per heavy atom. The number of carbonyl (C=O) groups is 2. The zero-order valence-electron chi connectivity index (χ0n) is 9.52. The fraction of sp³-hybridized carbons (Fsp3) is 0.333. The number of alkyl halides is 3. The minimum Gasteiger partial charge on any atom is -0.479 e. The van der Waals surface area contributed by atoms with Crippen LogP contribution in [0.3, 0.4) is 0 Å². The van der Waals surface area contributed by atoms with Crippen molar-refractivity contribution in [2.24, 2.45) is 5.73 Å². The van der Waals surface area contributed by atoms with Crippen LogP contribution >= 0.6 is 0 Å². The number of carbonyl (C=O) groups excluding carboxylic acids is 1. The zero-order chi connectivity index (χ0) is 14.8. The Balaban J connectivity index is 3.05. The number of primary amides is 1. The highest BCUT2D eigenvalue weighted by molar-refractivity contribution is 5.90. The van der Waals surface area contributed by atoms with Crippen LogP contribution in [0.5, 0.6) is 0 Å². The van der Waals surface area contributed by atoms with Gasteiger partial charge in [0.05, 0.1) is 0 Å². The van der Waals surface area contributed by atoms with E-state index in [-0.39, 0.29) is 5.69 Å². The third-order valence-electron chi connectivity index (χ3n) is 2.29. The fourth-order valence-electron chi connectivity index (χ4n) is 1.03. The van der Waals surface area contributed by atoms with Crippen molar-refractivity contribution < 1.29 is 27.9 Å². The van der Waals surface area contributed by atoms with E-state index in [0.29, 0.717) is 6.92 Å². The minimum absolute atomic E-state index is 0.255. The molecule has 1 atom stereocenters. The molecule has 104 valence electrons. The Hall–Kier alpha value is -2.39. The summed E-state index contributed by atoms with van der Waals surface area (Å²) >= 11 is 0. The number of rotatable bonds is 4. The molecule has 1 amide bonds. The third kappa shape index (κ3) is 2.89. The lowest BCUT2D eigenvalue weighted by atomic mass is 10.0. The molecule has 1 aromatic heterocycles. The number of hydrogen-bond acceptors (Lipinski definition) is 5. The minimum atomic E-state index is -5.05. The number of carboxylic acid groups (broad SMARTS) is 1. The van der Waals surface area contributed by atoms with E-state index in [9.17, 15) is 22.8 Å². The van der Waals surface area contributed by atoms with Gasteiger partial charge in [-0.2, -0.15) is 13.2 Å². The van der Waals surface area contributed by atoms with Crippen molar-refractivity contribution in [3.05, 3.63) is 17.8 Å². The highest BCUT2D eigenvalue weighted by Gasteiger charge is 2.57. The summed E-state index contributed by atoms with van der Waals surface area (Å²) in [5, 5.41) is 16.9. The van der Waals surface area contributed by atoms with Crippen molar-refractivity contribution in [1.82, 2.24) is 10.2 Å². The molecule has 7 nitrogen and oxygen atoms in total. The summed E-state index contributed by atoms with van der Waals surface area (Å²) in [6, 6.07) is 2.00. The summed E-state index contributed by atoms with van der Waals surface area (Å²) in [6.07, 6.45) is -5.05. The lowest BCUT2D eigenvalue weighted by molar-refractivity contribution is -0.193. The maximum atomic E-state index is 12.7. The second kappa shape index (κ2) is 4.71. The van der Waals surface area contributed by atoms with Gasteiger partial charge in [0.2, 0.25) is 5.54 Å². The Labute approximate surface area is 104 Å². The van der Waals surface area contributed by atoms with Crippen LogP contribution in [0.15, 0.2) is 12.1 Å². The number of nitrogens with zero attached hydrogens (tertiary/aromatic N) is 2. The van der Waals surface area contributed by atoms with Crippen LogP contribution in [0.1, 0.15) is 17.4 Å². The van der Waals surface area contributed by atoms with Crippen molar-refractivity contribution in [2.75, 3.05) is 5.32 Å². The van der Waals surface area contributed by atoms with E-state index in [1.807, 2.05) is 0 Å². The van der Waals surface area contributed by atoms with E-state index < -0.39 is 29.4 Å². The number of anilines is 1. The maximum absolute atomic E-state index is 12.7. The molecule has 0 spiro atoms. The van der Waals surface area contributed by atoms with Crippen molar-refractivity contribution in [3.8, 4) is 0 Å². The van der Waals surface area contributed by atoms with E-state index in [0.717, 1.165) is 12.1 Å². The molecule has 0 saturated heterocycles. The van der Waals surface area contributed by atoms with Gasteiger partial charge >= 0.3 is 12.1 Å². The molecule has 0 aliphatic heterocycles. The highest BCUT2D eigenvalue weighted by atomic mass is 19.4. The summed E-state index contributed by atoms with van der Waals surface area (Å²) in [6.45, 7) is 0.443. The first kappa shape index (κ1) is 14.7. The van der Waals surface area contributed by atoms with E-state index in [2.05, 4.69) is 10.2 Å². The summed E-state index contributed by atoms with van der Waals surface area (Å²) in [4.78, 5) is 21.4. The molecule has 0 aliphatic carbocycles. The molecule has 10 heteroatoms. The van der Waals surface area contributed by atoms with Gasteiger partial charge in [-0.3, -0.25) is 4.79 Å². The van der Waals surface area contributed by atoms with E-state index in [1.165, 1.54) is 0 Å². The molecule has 0 bridgehead atoms. The molecular formula is C9H9F3N4O3. The second-order valence-electron chi connectivity index (χ2n) is 3.72. The molecule has 19 heavy (non-hydrogen) atoms. The molecule has 0 aromatic carbocycles. The molecule has 0 fully saturated rings. The normalized spacial score (nSPS) is 14.5. The molecule has 1 rings (SSSR count). The number of amides is 1. The van der Waals surface area contributed by atoms with Gasteiger partial charge in [0, 0.05) is 0 Å². The highest BCUT2D eigenvalue weighted by Crippen LogP contribution is 2.33. The van der Waals surface area contributed by atoms with Gasteiger partial charge in [0.25, 0.3) is 5.91 Å². The molecule has 0 radical (unpaired) electrons. The van der Waals surface area contributed by atoms with Gasteiger partial charge in [-0.15, -0.1) is 10.2 Å². The number of aliphatic carboxylic acids is 1. The molecule has 0 aliphatic rings. The first-order chi connectivity index (χ1) is 8.58. The SMILES string of the molecule is CC(Nc1ccc(C(N)=O)nn1)(C(=O)O)C(F)(F)F. The molecule has 0 saturated carbocycles. The first-order valence-electron chi connectivity index (χ1n) is 4.80. The van der Waals surface area contributed by atoms with Crippen molar-refractivity contribution in [3.63, 3.8) is 0 Å². The first-order valence-corrected chi connectivity index (χ1v) is 4.80. The van der Waals surface area contributed by atoms with E-state index in [1.54, 1.807) is 5.32 Å². The van der Waals surface area contributed by atoms with Crippen LogP contribution in [0.4, 0.5) is 19.0 Å². The van der Waals surface area contributed by atoms with E-state index >= 15 is 0 Å². The van der Waals surface area contributed by atoms with Gasteiger partial charge in [-0.05, 0) is 19.1 Å². The lowest BCUT2D eigenvalue weighted by Crippen LogP contribution is -2.55. The summed E-state index contributed by atoms with van der Waals surface area (Å²) < 4.78 is 38.0. The van der Waals surface area contributed by atoms with E-state index in [4.69, 9.17) is 10.8 Å². The number of aromatic nitrogens is 2. The van der Waals surface area contributed by atoms with Crippen LogP contribution in [-0.2, 0) is 4.79 Å². The predicted octanol–water partition coefficient (Wildman–Crippen LogP) is 0.393. The Morgan fingerprint density at radius 3 is 2.21 bits per heavy atom. The molecule has 1 heterocycles.